The quantitative estimate of drug-likeness (QED) is 0.512. The Balaban J connectivity index is 1.12. The Hall–Kier alpha value is -3.15. The molecule has 32 heavy (non-hydrogen) atoms. The van der Waals surface area contributed by atoms with E-state index < -0.39 is 0 Å². The van der Waals surface area contributed by atoms with Crippen molar-refractivity contribution >= 4 is 5.91 Å². The standard InChI is InChI=1S/C27H31N3O2/c31-27(24-12-14-26(15-13-24)32-25-10-5-2-6-11-25)28-16-7-17-29-18-20-30(21-19-29)22-23-8-3-1-4-9-23/h1-6,8-15H,7,16-22H2,(H,28,31). The van der Waals surface area contributed by atoms with E-state index in [-0.39, 0.29) is 5.91 Å². The topological polar surface area (TPSA) is 44.8 Å². The van der Waals surface area contributed by atoms with Crippen molar-refractivity contribution in [3.05, 3.63) is 96.1 Å². The maximum Gasteiger partial charge on any atom is 0.251 e. The molecule has 1 amide bonds. The van der Waals surface area contributed by atoms with E-state index in [4.69, 9.17) is 4.74 Å². The van der Waals surface area contributed by atoms with Crippen LogP contribution >= 0.6 is 0 Å². The summed E-state index contributed by atoms with van der Waals surface area (Å²) >= 11 is 0. The van der Waals surface area contributed by atoms with Crippen LogP contribution in [0.15, 0.2) is 84.9 Å². The Morgan fingerprint density at radius 3 is 2.03 bits per heavy atom. The molecule has 1 N–H and O–H groups in total. The van der Waals surface area contributed by atoms with Crippen molar-refractivity contribution in [1.82, 2.24) is 15.1 Å². The number of ether oxygens (including phenoxy) is 1. The summed E-state index contributed by atoms with van der Waals surface area (Å²) in [6.45, 7) is 7.10. The molecule has 1 heterocycles. The Labute approximate surface area is 190 Å². The number of carbonyl (C=O) groups is 1. The lowest BCUT2D eigenvalue weighted by molar-refractivity contribution is 0.0947. The Morgan fingerprint density at radius 1 is 0.750 bits per heavy atom. The summed E-state index contributed by atoms with van der Waals surface area (Å²) < 4.78 is 5.78. The van der Waals surface area contributed by atoms with E-state index in [1.54, 1.807) is 12.1 Å². The van der Waals surface area contributed by atoms with Crippen molar-refractivity contribution in [3.63, 3.8) is 0 Å². The number of amides is 1. The van der Waals surface area contributed by atoms with Gasteiger partial charge in [0.1, 0.15) is 11.5 Å². The fourth-order valence-corrected chi connectivity index (χ4v) is 3.92. The molecule has 1 aliphatic heterocycles. The summed E-state index contributed by atoms with van der Waals surface area (Å²) in [7, 11) is 0. The van der Waals surface area contributed by atoms with Gasteiger partial charge in [0, 0.05) is 44.8 Å². The highest BCUT2D eigenvalue weighted by Crippen LogP contribution is 2.21. The summed E-state index contributed by atoms with van der Waals surface area (Å²) in [5, 5.41) is 3.03. The van der Waals surface area contributed by atoms with Crippen molar-refractivity contribution < 1.29 is 9.53 Å². The molecule has 4 rings (SSSR count). The minimum Gasteiger partial charge on any atom is -0.457 e. The van der Waals surface area contributed by atoms with Crippen LogP contribution in [0.4, 0.5) is 0 Å². The largest absolute Gasteiger partial charge is 0.457 e. The third kappa shape index (κ3) is 6.67. The molecule has 0 unspecified atom stereocenters. The maximum atomic E-state index is 12.4. The summed E-state index contributed by atoms with van der Waals surface area (Å²) in [5.41, 5.74) is 2.03. The van der Waals surface area contributed by atoms with Crippen LogP contribution < -0.4 is 10.1 Å². The van der Waals surface area contributed by atoms with Gasteiger partial charge in [-0.25, -0.2) is 0 Å². The number of nitrogens with zero attached hydrogens (tertiary/aromatic N) is 2. The van der Waals surface area contributed by atoms with Crippen molar-refractivity contribution in [2.45, 2.75) is 13.0 Å². The third-order valence-corrected chi connectivity index (χ3v) is 5.75. The van der Waals surface area contributed by atoms with Gasteiger partial charge in [0.15, 0.2) is 0 Å². The summed E-state index contributed by atoms with van der Waals surface area (Å²) in [6, 6.07) is 27.6. The van der Waals surface area contributed by atoms with Gasteiger partial charge in [-0.2, -0.15) is 0 Å². The van der Waals surface area contributed by atoms with Crippen LogP contribution in [0.5, 0.6) is 11.5 Å². The van der Waals surface area contributed by atoms with Crippen LogP contribution in [-0.4, -0.2) is 55.0 Å². The zero-order valence-electron chi connectivity index (χ0n) is 18.5. The number of hydrogen-bond donors (Lipinski definition) is 1. The van der Waals surface area contributed by atoms with E-state index in [1.165, 1.54) is 5.56 Å². The molecular formula is C27H31N3O2. The van der Waals surface area contributed by atoms with Crippen molar-refractivity contribution in [3.8, 4) is 11.5 Å². The molecule has 0 spiro atoms. The highest BCUT2D eigenvalue weighted by Gasteiger charge is 2.16. The van der Waals surface area contributed by atoms with Gasteiger partial charge in [-0.05, 0) is 54.9 Å². The zero-order chi connectivity index (χ0) is 22.0. The second kappa shape index (κ2) is 11.5. The van der Waals surface area contributed by atoms with E-state index in [1.807, 2.05) is 42.5 Å². The molecule has 5 heteroatoms. The number of nitrogens with one attached hydrogen (secondary N) is 1. The van der Waals surface area contributed by atoms with Crippen LogP contribution in [0.2, 0.25) is 0 Å². The molecule has 0 atom stereocenters. The van der Waals surface area contributed by atoms with Crippen LogP contribution in [0.25, 0.3) is 0 Å². The van der Waals surface area contributed by atoms with E-state index in [0.29, 0.717) is 12.1 Å². The number of carbonyl (C=O) groups excluding carboxylic acids is 1. The van der Waals surface area contributed by atoms with Crippen molar-refractivity contribution in [2.24, 2.45) is 0 Å². The highest BCUT2D eigenvalue weighted by molar-refractivity contribution is 5.94. The first-order valence-electron chi connectivity index (χ1n) is 11.4. The molecule has 1 saturated heterocycles. The molecule has 166 valence electrons. The summed E-state index contributed by atoms with van der Waals surface area (Å²) in [5.74, 6) is 1.47. The van der Waals surface area contributed by atoms with E-state index in [9.17, 15) is 4.79 Å². The number of hydrogen-bond acceptors (Lipinski definition) is 4. The van der Waals surface area contributed by atoms with E-state index in [0.717, 1.165) is 57.2 Å². The SMILES string of the molecule is O=C(NCCCN1CCN(Cc2ccccc2)CC1)c1ccc(Oc2ccccc2)cc1. The minimum atomic E-state index is -0.0380. The van der Waals surface area contributed by atoms with E-state index >= 15 is 0 Å². The van der Waals surface area contributed by atoms with Gasteiger partial charge in [-0.15, -0.1) is 0 Å². The monoisotopic (exact) mass is 429 g/mol. The second-order valence-corrected chi connectivity index (χ2v) is 8.15. The molecule has 5 nitrogen and oxygen atoms in total. The van der Waals surface area contributed by atoms with Gasteiger partial charge >= 0.3 is 0 Å². The predicted molar refractivity (Wildman–Crippen MR) is 128 cm³/mol. The fourth-order valence-electron chi connectivity index (χ4n) is 3.92. The number of rotatable bonds is 9. The molecular weight excluding hydrogens is 398 g/mol. The fraction of sp³-hybridized carbons (Fsp3) is 0.296. The molecule has 1 aliphatic rings. The summed E-state index contributed by atoms with van der Waals surface area (Å²) in [6.07, 6.45) is 0.958. The number of benzene rings is 3. The third-order valence-electron chi connectivity index (χ3n) is 5.75. The molecule has 1 fully saturated rings. The van der Waals surface area contributed by atoms with Gasteiger partial charge in [0.2, 0.25) is 0 Å². The average Bonchev–Trinajstić information content (AvgIpc) is 2.84. The van der Waals surface area contributed by atoms with Gasteiger partial charge in [0.25, 0.3) is 5.91 Å². The predicted octanol–water partition coefficient (Wildman–Crippen LogP) is 4.42. The van der Waals surface area contributed by atoms with Crippen LogP contribution in [0.1, 0.15) is 22.3 Å². The summed E-state index contributed by atoms with van der Waals surface area (Å²) in [4.78, 5) is 17.4. The first kappa shape index (κ1) is 22.1. The first-order valence-corrected chi connectivity index (χ1v) is 11.4. The highest BCUT2D eigenvalue weighted by atomic mass is 16.5. The van der Waals surface area contributed by atoms with Gasteiger partial charge in [-0.3, -0.25) is 9.69 Å². The van der Waals surface area contributed by atoms with Gasteiger partial charge in [-0.1, -0.05) is 48.5 Å². The first-order chi connectivity index (χ1) is 15.8. The van der Waals surface area contributed by atoms with Crippen LogP contribution in [-0.2, 0) is 6.54 Å². The Morgan fingerprint density at radius 2 is 1.34 bits per heavy atom. The molecule has 0 aliphatic carbocycles. The molecule has 3 aromatic carbocycles. The smallest absolute Gasteiger partial charge is 0.251 e. The van der Waals surface area contributed by atoms with Crippen molar-refractivity contribution in [1.29, 1.82) is 0 Å². The molecule has 0 bridgehead atoms. The van der Waals surface area contributed by atoms with Crippen LogP contribution in [0, 0.1) is 0 Å². The Kier molecular flexibility index (Phi) is 7.90. The molecule has 3 aromatic rings. The van der Waals surface area contributed by atoms with Gasteiger partial charge < -0.3 is 15.0 Å². The molecule has 0 saturated carbocycles. The average molecular weight is 430 g/mol. The molecule has 0 aromatic heterocycles. The zero-order valence-corrected chi connectivity index (χ0v) is 18.5. The lowest BCUT2D eigenvalue weighted by Gasteiger charge is -2.34. The lowest BCUT2D eigenvalue weighted by atomic mass is 10.2. The van der Waals surface area contributed by atoms with E-state index in [2.05, 4.69) is 45.4 Å². The number of para-hydroxylation sites is 1. The minimum absolute atomic E-state index is 0.0380. The maximum absolute atomic E-state index is 12.4. The van der Waals surface area contributed by atoms with Crippen molar-refractivity contribution in [2.75, 3.05) is 39.3 Å². The second-order valence-electron chi connectivity index (χ2n) is 8.15. The Bertz CT molecular complexity index is 953. The van der Waals surface area contributed by atoms with Gasteiger partial charge in [0.05, 0.1) is 0 Å². The molecule has 0 radical (unpaired) electrons. The lowest BCUT2D eigenvalue weighted by Crippen LogP contribution is -2.46. The normalized spacial score (nSPS) is 14.8. The number of piperazine rings is 1. The van der Waals surface area contributed by atoms with Crippen LogP contribution in [0.3, 0.4) is 0 Å².